The Labute approximate surface area is 145 Å². The predicted octanol–water partition coefficient (Wildman–Crippen LogP) is 6.02. The Morgan fingerprint density at radius 3 is 2.13 bits per heavy atom. The Hall–Kier alpha value is -1.22. The second-order valence-electron chi connectivity index (χ2n) is 5.91. The van der Waals surface area contributed by atoms with Crippen molar-refractivity contribution in [2.45, 2.75) is 63.2 Å². The van der Waals surface area contributed by atoms with Crippen molar-refractivity contribution in [3.05, 3.63) is 42.5 Å². The standard InChI is InChI=1S/C20H30O2S/c1-18(2)20(21)22-16-12-7-5-3-4-6-8-13-17-23-19-14-10-9-11-15-19/h9-11,14-15H,1,3-8,12-13,16-17H2,2H3. The van der Waals surface area contributed by atoms with Crippen molar-refractivity contribution in [1.29, 1.82) is 0 Å². The summed E-state index contributed by atoms with van der Waals surface area (Å²) in [5, 5.41) is 0. The number of benzene rings is 1. The molecule has 23 heavy (non-hydrogen) atoms. The number of thioether (sulfide) groups is 1. The summed E-state index contributed by atoms with van der Waals surface area (Å²) in [6.07, 6.45) is 9.93. The SMILES string of the molecule is C=C(C)C(=O)OCCCCCCCCCCSc1ccccc1. The van der Waals surface area contributed by atoms with Crippen molar-refractivity contribution in [3.63, 3.8) is 0 Å². The molecule has 0 N–H and O–H groups in total. The normalized spacial score (nSPS) is 10.5. The van der Waals surface area contributed by atoms with Gasteiger partial charge in [0.05, 0.1) is 6.61 Å². The van der Waals surface area contributed by atoms with Crippen LogP contribution in [0.4, 0.5) is 0 Å². The van der Waals surface area contributed by atoms with Crippen LogP contribution < -0.4 is 0 Å². The van der Waals surface area contributed by atoms with E-state index >= 15 is 0 Å². The lowest BCUT2D eigenvalue weighted by Gasteiger charge is -2.05. The van der Waals surface area contributed by atoms with E-state index in [1.807, 2.05) is 11.8 Å². The van der Waals surface area contributed by atoms with Gasteiger partial charge in [0.2, 0.25) is 0 Å². The summed E-state index contributed by atoms with van der Waals surface area (Å²) in [7, 11) is 0. The zero-order chi connectivity index (χ0) is 16.8. The molecule has 0 fully saturated rings. The maximum absolute atomic E-state index is 11.2. The van der Waals surface area contributed by atoms with Gasteiger partial charge in [-0.2, -0.15) is 0 Å². The number of carbonyl (C=O) groups is 1. The van der Waals surface area contributed by atoms with Crippen LogP contribution in [0.15, 0.2) is 47.4 Å². The minimum atomic E-state index is -0.265. The summed E-state index contributed by atoms with van der Waals surface area (Å²) in [5.41, 5.74) is 0.482. The number of carbonyl (C=O) groups excluding carboxylic acids is 1. The Morgan fingerprint density at radius 2 is 1.52 bits per heavy atom. The molecule has 0 aliphatic rings. The monoisotopic (exact) mass is 334 g/mol. The van der Waals surface area contributed by atoms with Crippen LogP contribution in [0.3, 0.4) is 0 Å². The fourth-order valence-corrected chi connectivity index (χ4v) is 3.19. The maximum atomic E-state index is 11.2. The average molecular weight is 335 g/mol. The zero-order valence-electron chi connectivity index (χ0n) is 14.4. The van der Waals surface area contributed by atoms with Gasteiger partial charge < -0.3 is 4.74 Å². The summed E-state index contributed by atoms with van der Waals surface area (Å²) in [6, 6.07) is 10.6. The van der Waals surface area contributed by atoms with E-state index in [1.54, 1.807) is 6.92 Å². The van der Waals surface area contributed by atoms with Crippen molar-refractivity contribution in [3.8, 4) is 0 Å². The van der Waals surface area contributed by atoms with Gasteiger partial charge in [-0.1, -0.05) is 63.3 Å². The molecule has 0 aromatic heterocycles. The molecule has 128 valence electrons. The molecule has 3 heteroatoms. The van der Waals surface area contributed by atoms with Crippen molar-refractivity contribution >= 4 is 17.7 Å². The Morgan fingerprint density at radius 1 is 0.957 bits per heavy atom. The minimum absolute atomic E-state index is 0.265. The van der Waals surface area contributed by atoms with Gasteiger partial charge >= 0.3 is 5.97 Å². The Bertz CT molecular complexity index is 442. The smallest absolute Gasteiger partial charge is 0.333 e. The van der Waals surface area contributed by atoms with Crippen LogP contribution in [0, 0.1) is 0 Å². The first-order valence-electron chi connectivity index (χ1n) is 8.70. The molecule has 0 saturated carbocycles. The highest BCUT2D eigenvalue weighted by Crippen LogP contribution is 2.19. The molecule has 0 radical (unpaired) electrons. The number of hydrogen-bond donors (Lipinski definition) is 0. The summed E-state index contributed by atoms with van der Waals surface area (Å²) in [5.74, 6) is 0.955. The van der Waals surface area contributed by atoms with E-state index in [0.29, 0.717) is 12.2 Å². The van der Waals surface area contributed by atoms with Crippen LogP contribution in [-0.4, -0.2) is 18.3 Å². The zero-order valence-corrected chi connectivity index (χ0v) is 15.2. The third-order valence-corrected chi connectivity index (χ3v) is 4.73. The second kappa shape index (κ2) is 13.2. The molecule has 2 nitrogen and oxygen atoms in total. The van der Waals surface area contributed by atoms with Crippen molar-refractivity contribution in [1.82, 2.24) is 0 Å². The number of unbranched alkanes of at least 4 members (excludes halogenated alkanes) is 7. The second-order valence-corrected chi connectivity index (χ2v) is 7.07. The van der Waals surface area contributed by atoms with Crippen molar-refractivity contribution < 1.29 is 9.53 Å². The molecule has 0 bridgehead atoms. The molecule has 0 saturated heterocycles. The third kappa shape index (κ3) is 11.0. The highest BCUT2D eigenvalue weighted by Gasteiger charge is 2.01. The van der Waals surface area contributed by atoms with E-state index in [2.05, 4.69) is 36.9 Å². The van der Waals surface area contributed by atoms with E-state index in [0.717, 1.165) is 12.8 Å². The molecule has 0 aliphatic heterocycles. The quantitative estimate of drug-likeness (QED) is 0.191. The summed E-state index contributed by atoms with van der Waals surface area (Å²) < 4.78 is 5.07. The third-order valence-electron chi connectivity index (χ3n) is 3.63. The first-order chi connectivity index (χ1) is 11.2. The molecule has 0 heterocycles. The van der Waals surface area contributed by atoms with Gasteiger partial charge in [-0.15, -0.1) is 11.8 Å². The van der Waals surface area contributed by atoms with Gasteiger partial charge in [-0.3, -0.25) is 0 Å². The van der Waals surface area contributed by atoms with Crippen molar-refractivity contribution in [2.75, 3.05) is 12.4 Å². The van der Waals surface area contributed by atoms with Gasteiger partial charge in [0.25, 0.3) is 0 Å². The van der Waals surface area contributed by atoms with Gasteiger partial charge in [0.15, 0.2) is 0 Å². The number of hydrogen-bond acceptors (Lipinski definition) is 3. The predicted molar refractivity (Wildman–Crippen MR) is 99.9 cm³/mol. The molecular weight excluding hydrogens is 304 g/mol. The topological polar surface area (TPSA) is 26.3 Å². The van der Waals surface area contributed by atoms with Crippen LogP contribution in [0.1, 0.15) is 58.3 Å². The summed E-state index contributed by atoms with van der Waals surface area (Å²) in [4.78, 5) is 12.5. The highest BCUT2D eigenvalue weighted by atomic mass is 32.2. The van der Waals surface area contributed by atoms with Gasteiger partial charge in [0, 0.05) is 10.5 Å². The van der Waals surface area contributed by atoms with Crippen LogP contribution in [-0.2, 0) is 9.53 Å². The average Bonchev–Trinajstić information content (AvgIpc) is 2.56. The molecule has 1 aromatic rings. The molecule has 0 spiro atoms. The Kier molecular flexibility index (Phi) is 11.4. The van der Waals surface area contributed by atoms with E-state index in [9.17, 15) is 4.79 Å². The Balaban J connectivity index is 1.80. The maximum Gasteiger partial charge on any atom is 0.333 e. The molecule has 0 atom stereocenters. The molecule has 1 rings (SSSR count). The largest absolute Gasteiger partial charge is 0.462 e. The lowest BCUT2D eigenvalue weighted by molar-refractivity contribution is -0.139. The number of rotatable bonds is 13. The molecule has 0 amide bonds. The van der Waals surface area contributed by atoms with E-state index in [4.69, 9.17) is 4.74 Å². The highest BCUT2D eigenvalue weighted by molar-refractivity contribution is 7.99. The van der Waals surface area contributed by atoms with Crippen LogP contribution >= 0.6 is 11.8 Å². The van der Waals surface area contributed by atoms with Crippen LogP contribution in [0.25, 0.3) is 0 Å². The first kappa shape index (κ1) is 19.8. The van der Waals surface area contributed by atoms with Gasteiger partial charge in [-0.05, 0) is 37.7 Å². The van der Waals surface area contributed by atoms with E-state index in [-0.39, 0.29) is 5.97 Å². The van der Waals surface area contributed by atoms with Crippen LogP contribution in [0.5, 0.6) is 0 Å². The molecular formula is C20H30O2S. The molecule has 0 unspecified atom stereocenters. The summed E-state index contributed by atoms with van der Waals surface area (Å²) in [6.45, 7) is 5.78. The van der Waals surface area contributed by atoms with E-state index in [1.165, 1.54) is 49.2 Å². The molecule has 0 aliphatic carbocycles. The van der Waals surface area contributed by atoms with Gasteiger partial charge in [0.1, 0.15) is 0 Å². The molecule has 1 aromatic carbocycles. The van der Waals surface area contributed by atoms with E-state index < -0.39 is 0 Å². The lowest BCUT2D eigenvalue weighted by Crippen LogP contribution is -2.05. The summed E-state index contributed by atoms with van der Waals surface area (Å²) >= 11 is 1.95. The fourth-order valence-electron chi connectivity index (χ4n) is 2.26. The first-order valence-corrected chi connectivity index (χ1v) is 9.69. The minimum Gasteiger partial charge on any atom is -0.462 e. The number of esters is 1. The van der Waals surface area contributed by atoms with Gasteiger partial charge in [-0.25, -0.2) is 4.79 Å². The lowest BCUT2D eigenvalue weighted by atomic mass is 10.1. The number of ether oxygens (including phenoxy) is 1. The van der Waals surface area contributed by atoms with Crippen molar-refractivity contribution in [2.24, 2.45) is 0 Å². The van der Waals surface area contributed by atoms with Crippen LogP contribution in [0.2, 0.25) is 0 Å². The fraction of sp³-hybridized carbons (Fsp3) is 0.550.